The number of carboxylic acids is 1. The second-order valence-corrected chi connectivity index (χ2v) is 5.21. The standard InChI is InChI=1S/C14H17NO3S/c1-19-8-4-7-15-9-12-13(14(16)17)10-5-2-3-6-11(10)18-12/h2-3,5-6,15H,4,7-9H2,1H3,(H,16,17). The van der Waals surface area contributed by atoms with Gasteiger partial charge in [0.25, 0.3) is 0 Å². The van der Waals surface area contributed by atoms with Gasteiger partial charge in [-0.25, -0.2) is 4.79 Å². The number of benzene rings is 1. The summed E-state index contributed by atoms with van der Waals surface area (Å²) in [5.74, 6) is 0.655. The first-order valence-corrected chi connectivity index (χ1v) is 7.56. The molecule has 0 saturated carbocycles. The smallest absolute Gasteiger partial charge is 0.339 e. The highest BCUT2D eigenvalue weighted by Crippen LogP contribution is 2.25. The van der Waals surface area contributed by atoms with Crippen molar-refractivity contribution in [3.8, 4) is 0 Å². The summed E-state index contributed by atoms with van der Waals surface area (Å²) < 4.78 is 5.62. The van der Waals surface area contributed by atoms with Crippen molar-refractivity contribution in [1.82, 2.24) is 5.32 Å². The Balaban J connectivity index is 2.13. The summed E-state index contributed by atoms with van der Waals surface area (Å²) in [5, 5.41) is 13.2. The zero-order chi connectivity index (χ0) is 13.7. The highest BCUT2D eigenvalue weighted by molar-refractivity contribution is 7.98. The van der Waals surface area contributed by atoms with Gasteiger partial charge in [0, 0.05) is 5.39 Å². The molecule has 0 aliphatic rings. The zero-order valence-electron chi connectivity index (χ0n) is 10.8. The predicted octanol–water partition coefficient (Wildman–Crippen LogP) is 2.97. The molecule has 0 aliphatic heterocycles. The van der Waals surface area contributed by atoms with Gasteiger partial charge in [0.2, 0.25) is 0 Å². The molecule has 2 aromatic rings. The van der Waals surface area contributed by atoms with Crippen LogP contribution >= 0.6 is 11.8 Å². The van der Waals surface area contributed by atoms with Gasteiger partial charge in [-0.1, -0.05) is 18.2 Å². The van der Waals surface area contributed by atoms with E-state index in [0.29, 0.717) is 23.3 Å². The molecular weight excluding hydrogens is 262 g/mol. The van der Waals surface area contributed by atoms with E-state index in [-0.39, 0.29) is 5.56 Å². The van der Waals surface area contributed by atoms with E-state index in [2.05, 4.69) is 11.6 Å². The molecule has 0 fully saturated rings. The molecule has 0 aliphatic carbocycles. The predicted molar refractivity (Wildman–Crippen MR) is 77.9 cm³/mol. The largest absolute Gasteiger partial charge is 0.478 e. The quantitative estimate of drug-likeness (QED) is 0.763. The van der Waals surface area contributed by atoms with Gasteiger partial charge in [0.05, 0.1) is 6.54 Å². The van der Waals surface area contributed by atoms with Crippen LogP contribution < -0.4 is 5.32 Å². The van der Waals surface area contributed by atoms with Crippen LogP contribution in [0.2, 0.25) is 0 Å². The number of fused-ring (bicyclic) bond motifs is 1. The first-order valence-electron chi connectivity index (χ1n) is 6.17. The third kappa shape index (κ3) is 3.30. The molecule has 0 atom stereocenters. The number of carbonyl (C=O) groups is 1. The number of para-hydroxylation sites is 1. The number of nitrogens with one attached hydrogen (secondary N) is 1. The first kappa shape index (κ1) is 14.0. The van der Waals surface area contributed by atoms with E-state index in [0.717, 1.165) is 18.7 Å². The van der Waals surface area contributed by atoms with Gasteiger partial charge >= 0.3 is 5.97 Å². The number of carboxylic acid groups (broad SMARTS) is 1. The Labute approximate surface area is 116 Å². The fraction of sp³-hybridized carbons (Fsp3) is 0.357. The van der Waals surface area contributed by atoms with E-state index in [4.69, 9.17) is 4.42 Å². The van der Waals surface area contributed by atoms with E-state index in [9.17, 15) is 9.90 Å². The minimum absolute atomic E-state index is 0.271. The molecule has 5 heteroatoms. The maximum atomic E-state index is 11.3. The molecule has 0 radical (unpaired) electrons. The number of rotatable bonds is 7. The average Bonchev–Trinajstić information content (AvgIpc) is 2.76. The van der Waals surface area contributed by atoms with E-state index in [1.165, 1.54) is 0 Å². The van der Waals surface area contributed by atoms with Crippen molar-refractivity contribution in [3.63, 3.8) is 0 Å². The Morgan fingerprint density at radius 3 is 2.95 bits per heavy atom. The highest BCUT2D eigenvalue weighted by Gasteiger charge is 2.19. The molecule has 0 spiro atoms. The van der Waals surface area contributed by atoms with E-state index >= 15 is 0 Å². The van der Waals surface area contributed by atoms with Gasteiger partial charge in [-0.05, 0) is 31.0 Å². The lowest BCUT2D eigenvalue weighted by Gasteiger charge is -2.02. The van der Waals surface area contributed by atoms with Crippen molar-refractivity contribution in [1.29, 1.82) is 0 Å². The zero-order valence-corrected chi connectivity index (χ0v) is 11.6. The Kier molecular flexibility index (Phi) is 4.87. The summed E-state index contributed by atoms with van der Waals surface area (Å²) in [6, 6.07) is 7.23. The Hall–Kier alpha value is -1.46. The van der Waals surface area contributed by atoms with Crippen LogP contribution in [0.4, 0.5) is 0 Å². The normalized spacial score (nSPS) is 11.0. The molecule has 2 N–H and O–H groups in total. The van der Waals surface area contributed by atoms with E-state index in [1.807, 2.05) is 12.1 Å². The highest BCUT2D eigenvalue weighted by atomic mass is 32.2. The monoisotopic (exact) mass is 279 g/mol. The average molecular weight is 279 g/mol. The second kappa shape index (κ2) is 6.63. The lowest BCUT2D eigenvalue weighted by atomic mass is 10.1. The van der Waals surface area contributed by atoms with Crippen LogP contribution in [0.1, 0.15) is 22.5 Å². The fourth-order valence-electron chi connectivity index (χ4n) is 2.00. The summed E-state index contributed by atoms with van der Waals surface area (Å²) in [6.07, 6.45) is 3.13. The molecule has 19 heavy (non-hydrogen) atoms. The summed E-state index contributed by atoms with van der Waals surface area (Å²) in [4.78, 5) is 11.3. The van der Waals surface area contributed by atoms with Gasteiger partial charge in [-0.2, -0.15) is 11.8 Å². The molecule has 0 saturated heterocycles. The van der Waals surface area contributed by atoms with Crippen LogP contribution in [-0.2, 0) is 6.54 Å². The molecule has 1 aromatic heterocycles. The minimum atomic E-state index is -0.939. The molecule has 2 rings (SSSR count). The first-order chi connectivity index (χ1) is 9.24. The lowest BCUT2D eigenvalue weighted by Crippen LogP contribution is -2.16. The van der Waals surface area contributed by atoms with Crippen LogP contribution in [0.15, 0.2) is 28.7 Å². The van der Waals surface area contributed by atoms with Crippen molar-refractivity contribution >= 4 is 28.7 Å². The van der Waals surface area contributed by atoms with Crippen molar-refractivity contribution in [2.45, 2.75) is 13.0 Å². The van der Waals surface area contributed by atoms with Gasteiger partial charge in [0.15, 0.2) is 0 Å². The summed E-state index contributed by atoms with van der Waals surface area (Å²) in [7, 11) is 0. The summed E-state index contributed by atoms with van der Waals surface area (Å²) in [5.41, 5.74) is 0.897. The summed E-state index contributed by atoms with van der Waals surface area (Å²) >= 11 is 1.80. The number of thioether (sulfide) groups is 1. The maximum Gasteiger partial charge on any atom is 0.339 e. The molecule has 1 aromatic carbocycles. The van der Waals surface area contributed by atoms with Gasteiger partial charge < -0.3 is 14.8 Å². The maximum absolute atomic E-state index is 11.3. The number of aromatic carboxylic acids is 1. The Morgan fingerprint density at radius 1 is 1.42 bits per heavy atom. The Bertz CT molecular complexity index is 565. The van der Waals surface area contributed by atoms with Gasteiger partial charge in [-0.15, -0.1) is 0 Å². The van der Waals surface area contributed by atoms with Crippen molar-refractivity contribution in [3.05, 3.63) is 35.6 Å². The van der Waals surface area contributed by atoms with Gasteiger partial charge in [-0.3, -0.25) is 0 Å². The van der Waals surface area contributed by atoms with Crippen LogP contribution in [0.25, 0.3) is 11.0 Å². The third-order valence-electron chi connectivity index (χ3n) is 2.87. The number of hydrogen-bond donors (Lipinski definition) is 2. The second-order valence-electron chi connectivity index (χ2n) is 4.22. The van der Waals surface area contributed by atoms with Gasteiger partial charge in [0.1, 0.15) is 16.9 Å². The molecular formula is C14H17NO3S. The minimum Gasteiger partial charge on any atom is -0.478 e. The summed E-state index contributed by atoms with van der Waals surface area (Å²) in [6.45, 7) is 1.31. The van der Waals surface area contributed by atoms with Crippen LogP contribution in [0.3, 0.4) is 0 Å². The van der Waals surface area contributed by atoms with Crippen LogP contribution in [-0.4, -0.2) is 29.6 Å². The molecule has 0 amide bonds. The molecule has 0 bridgehead atoms. The van der Waals surface area contributed by atoms with Crippen molar-refractivity contribution < 1.29 is 14.3 Å². The Morgan fingerprint density at radius 2 is 2.21 bits per heavy atom. The topological polar surface area (TPSA) is 62.5 Å². The van der Waals surface area contributed by atoms with E-state index < -0.39 is 5.97 Å². The van der Waals surface area contributed by atoms with E-state index in [1.54, 1.807) is 23.9 Å². The molecule has 1 heterocycles. The number of furan rings is 1. The van der Waals surface area contributed by atoms with Crippen molar-refractivity contribution in [2.24, 2.45) is 0 Å². The van der Waals surface area contributed by atoms with Crippen LogP contribution in [0, 0.1) is 0 Å². The van der Waals surface area contributed by atoms with Crippen LogP contribution in [0.5, 0.6) is 0 Å². The SMILES string of the molecule is CSCCCNCc1oc2ccccc2c1C(=O)O. The third-order valence-corrected chi connectivity index (χ3v) is 3.57. The molecule has 4 nitrogen and oxygen atoms in total. The molecule has 102 valence electrons. The lowest BCUT2D eigenvalue weighted by molar-refractivity contribution is 0.0696. The van der Waals surface area contributed by atoms with Crippen molar-refractivity contribution in [2.75, 3.05) is 18.6 Å². The molecule has 0 unspecified atom stereocenters. The number of hydrogen-bond acceptors (Lipinski definition) is 4. The fourth-order valence-corrected chi connectivity index (χ4v) is 2.43.